The lowest BCUT2D eigenvalue weighted by atomic mass is 9.99. The molecule has 0 unspecified atom stereocenters. The van der Waals surface area contributed by atoms with Crippen LogP contribution in [-0.2, 0) is 4.74 Å². The van der Waals surface area contributed by atoms with Crippen molar-refractivity contribution in [3.63, 3.8) is 0 Å². The topological polar surface area (TPSA) is 45.6 Å². The van der Waals surface area contributed by atoms with Gasteiger partial charge in [0.25, 0.3) is 0 Å². The van der Waals surface area contributed by atoms with E-state index >= 15 is 0 Å². The van der Waals surface area contributed by atoms with E-state index in [1.54, 1.807) is 0 Å². The van der Waals surface area contributed by atoms with Crippen LogP contribution in [0.4, 0.5) is 0 Å². The Labute approximate surface area is 194 Å². The zero-order chi connectivity index (χ0) is 21.8. The molecule has 2 aromatic heterocycles. The lowest BCUT2D eigenvalue weighted by Gasteiger charge is -2.30. The first-order chi connectivity index (χ1) is 15.8. The van der Waals surface area contributed by atoms with Crippen LogP contribution in [0, 0.1) is 0 Å². The summed E-state index contributed by atoms with van der Waals surface area (Å²) in [5.41, 5.74) is 3.41. The predicted octanol–water partition coefficient (Wildman–Crippen LogP) is 3.57. The smallest absolute Gasteiger partial charge is 0.170 e. The van der Waals surface area contributed by atoms with Crippen LogP contribution in [0.1, 0.15) is 29.8 Å². The maximum atomic E-state index is 5.81. The van der Waals surface area contributed by atoms with Gasteiger partial charge in [-0.15, -0.1) is 0 Å². The second-order valence-electron chi connectivity index (χ2n) is 8.32. The molecule has 0 amide bonds. The van der Waals surface area contributed by atoms with Gasteiger partial charge in [-0.2, -0.15) is 0 Å². The van der Waals surface area contributed by atoms with Gasteiger partial charge in [0.15, 0.2) is 5.11 Å². The first-order valence-electron chi connectivity index (χ1n) is 11.3. The number of thiocarbonyl (C=S) groups is 1. The number of nitrogens with zero attached hydrogens (tertiary/aromatic N) is 4. The van der Waals surface area contributed by atoms with Crippen LogP contribution in [0.15, 0.2) is 73.2 Å². The Kier molecular flexibility index (Phi) is 6.48. The summed E-state index contributed by atoms with van der Waals surface area (Å²) in [5.74, 6) is 0. The molecule has 3 aromatic rings. The number of hydrogen-bond acceptors (Lipinski definition) is 4. The number of pyridine rings is 1. The van der Waals surface area contributed by atoms with Gasteiger partial charge in [-0.1, -0.05) is 24.3 Å². The number of nitrogens with one attached hydrogen (secondary N) is 1. The van der Waals surface area contributed by atoms with Gasteiger partial charge in [0.2, 0.25) is 0 Å². The van der Waals surface area contributed by atoms with Crippen LogP contribution in [-0.4, -0.2) is 63.9 Å². The number of para-hydroxylation sites is 1. The summed E-state index contributed by atoms with van der Waals surface area (Å²) in [7, 11) is 0. The van der Waals surface area contributed by atoms with E-state index < -0.39 is 0 Å². The van der Waals surface area contributed by atoms with E-state index in [1.165, 1.54) is 5.56 Å². The van der Waals surface area contributed by atoms with Crippen LogP contribution >= 0.6 is 12.2 Å². The molecule has 1 aromatic carbocycles. The molecule has 32 heavy (non-hydrogen) atoms. The highest BCUT2D eigenvalue weighted by Crippen LogP contribution is 2.39. The fourth-order valence-electron chi connectivity index (χ4n) is 4.65. The molecule has 4 heterocycles. The Morgan fingerprint density at radius 3 is 2.59 bits per heavy atom. The normalized spacial score (nSPS) is 21.6. The van der Waals surface area contributed by atoms with E-state index in [0.29, 0.717) is 0 Å². The van der Waals surface area contributed by atoms with Gasteiger partial charge in [-0.05, 0) is 54.5 Å². The van der Waals surface area contributed by atoms with Crippen LogP contribution in [0.25, 0.3) is 5.69 Å². The minimum atomic E-state index is 0.0266. The third-order valence-electron chi connectivity index (χ3n) is 6.29. The van der Waals surface area contributed by atoms with Crippen molar-refractivity contribution in [1.29, 1.82) is 0 Å². The summed E-state index contributed by atoms with van der Waals surface area (Å²) in [5, 5.41) is 4.36. The molecule has 6 nitrogen and oxygen atoms in total. The van der Waals surface area contributed by atoms with Crippen molar-refractivity contribution in [3.05, 3.63) is 84.4 Å². The molecule has 2 saturated heterocycles. The molecular weight excluding hydrogens is 418 g/mol. The molecule has 0 radical (unpaired) electrons. The van der Waals surface area contributed by atoms with Crippen molar-refractivity contribution in [2.75, 3.05) is 39.4 Å². The van der Waals surface area contributed by atoms with Crippen molar-refractivity contribution >= 4 is 17.3 Å². The molecule has 2 fully saturated rings. The minimum absolute atomic E-state index is 0.0266. The summed E-state index contributed by atoms with van der Waals surface area (Å²) in [6, 6.07) is 18.8. The van der Waals surface area contributed by atoms with E-state index in [9.17, 15) is 0 Å². The van der Waals surface area contributed by atoms with Gasteiger partial charge in [0.05, 0.1) is 31.0 Å². The summed E-state index contributed by atoms with van der Waals surface area (Å²) in [6.07, 6.45) is 7.27. The van der Waals surface area contributed by atoms with Gasteiger partial charge >= 0.3 is 0 Å². The molecule has 2 aliphatic rings. The Morgan fingerprint density at radius 1 is 1.00 bits per heavy atom. The number of morpholine rings is 1. The van der Waals surface area contributed by atoms with E-state index in [0.717, 1.165) is 62.3 Å². The molecule has 0 bridgehead atoms. The third-order valence-corrected chi connectivity index (χ3v) is 6.64. The molecule has 166 valence electrons. The van der Waals surface area contributed by atoms with Crippen molar-refractivity contribution in [1.82, 2.24) is 24.7 Å². The fourth-order valence-corrected chi connectivity index (χ4v) is 4.98. The number of benzene rings is 1. The van der Waals surface area contributed by atoms with E-state index in [2.05, 4.69) is 73.5 Å². The molecule has 1 N–H and O–H groups in total. The van der Waals surface area contributed by atoms with Crippen molar-refractivity contribution in [3.8, 4) is 5.69 Å². The maximum absolute atomic E-state index is 5.81. The maximum Gasteiger partial charge on any atom is 0.170 e. The molecule has 0 saturated carbocycles. The molecule has 7 heteroatoms. The number of hydrogen-bond donors (Lipinski definition) is 1. The average Bonchev–Trinajstić information content (AvgIpc) is 3.46. The first kappa shape index (κ1) is 21.1. The summed E-state index contributed by atoms with van der Waals surface area (Å²) in [6.45, 7) is 5.68. The van der Waals surface area contributed by atoms with Crippen LogP contribution in [0.2, 0.25) is 0 Å². The van der Waals surface area contributed by atoms with Crippen LogP contribution in [0.3, 0.4) is 0 Å². The van der Waals surface area contributed by atoms with Gasteiger partial charge < -0.3 is 19.5 Å². The van der Waals surface area contributed by atoms with Crippen LogP contribution < -0.4 is 5.32 Å². The molecule has 5 rings (SSSR count). The average molecular weight is 448 g/mol. The first-order valence-corrected chi connectivity index (χ1v) is 11.7. The lowest BCUT2D eigenvalue weighted by molar-refractivity contribution is 0.0365. The van der Waals surface area contributed by atoms with Gasteiger partial charge in [-0.25, -0.2) is 0 Å². The zero-order valence-electron chi connectivity index (χ0n) is 18.1. The van der Waals surface area contributed by atoms with Crippen molar-refractivity contribution < 1.29 is 4.74 Å². The van der Waals surface area contributed by atoms with E-state index in [1.807, 2.05) is 24.4 Å². The monoisotopic (exact) mass is 447 g/mol. The quantitative estimate of drug-likeness (QED) is 0.559. The molecular formula is C25H29N5OS. The second-order valence-corrected chi connectivity index (χ2v) is 8.70. The minimum Gasteiger partial charge on any atom is -0.379 e. The standard InChI is InChI=1S/C25H29N5OS/c32-25-27-23(22-9-4-5-11-26-22)24(30(25)13-6-12-28-15-17-31-18-16-28)20-10-14-29(19-20)21-7-2-1-3-8-21/h1-5,7-11,14,19,23-24H,6,12-13,15-18H2,(H,27,32)/t23-,24-/m0/s1. The Hall–Kier alpha value is -2.74. The van der Waals surface area contributed by atoms with Crippen molar-refractivity contribution in [2.45, 2.75) is 18.5 Å². The predicted molar refractivity (Wildman–Crippen MR) is 130 cm³/mol. The van der Waals surface area contributed by atoms with Crippen LogP contribution in [0.5, 0.6) is 0 Å². The second kappa shape index (κ2) is 9.81. The SMILES string of the molecule is S=C1N[C@@H](c2ccccn2)[C@H](c2ccn(-c3ccccc3)c2)N1CCCN1CCOCC1. The highest BCUT2D eigenvalue weighted by molar-refractivity contribution is 7.80. The summed E-state index contributed by atoms with van der Waals surface area (Å²) in [4.78, 5) is 9.47. The van der Waals surface area contributed by atoms with Gasteiger partial charge in [0.1, 0.15) is 0 Å². The Morgan fingerprint density at radius 2 is 1.81 bits per heavy atom. The molecule has 2 aliphatic heterocycles. The summed E-state index contributed by atoms with van der Waals surface area (Å²) >= 11 is 5.81. The Bertz CT molecular complexity index is 1020. The number of aromatic nitrogens is 2. The third kappa shape index (κ3) is 4.55. The van der Waals surface area contributed by atoms with E-state index in [-0.39, 0.29) is 12.1 Å². The zero-order valence-corrected chi connectivity index (χ0v) is 19.0. The molecule has 2 atom stereocenters. The molecule has 0 aliphatic carbocycles. The van der Waals surface area contributed by atoms with Crippen molar-refractivity contribution in [2.24, 2.45) is 0 Å². The summed E-state index contributed by atoms with van der Waals surface area (Å²) < 4.78 is 7.66. The highest BCUT2D eigenvalue weighted by Gasteiger charge is 2.39. The lowest BCUT2D eigenvalue weighted by Crippen LogP contribution is -2.38. The van der Waals surface area contributed by atoms with Gasteiger partial charge in [0, 0.05) is 50.5 Å². The highest BCUT2D eigenvalue weighted by atomic mass is 32.1. The number of ether oxygens (including phenoxy) is 1. The van der Waals surface area contributed by atoms with E-state index in [4.69, 9.17) is 17.0 Å². The van der Waals surface area contributed by atoms with Gasteiger partial charge in [-0.3, -0.25) is 9.88 Å². The fraction of sp³-hybridized carbons (Fsp3) is 0.360. The number of rotatable bonds is 7. The largest absolute Gasteiger partial charge is 0.379 e. The molecule has 0 spiro atoms. The Balaban J connectivity index is 1.39.